The molecular formula is C26H28N4O3. The number of amides is 3. The molecule has 170 valence electrons. The van der Waals surface area contributed by atoms with Crippen molar-refractivity contribution in [1.29, 1.82) is 0 Å². The SMILES string of the molecule is CCNC(=O)c1cccc(NCC(=O)Nc2cccc(C(=O)NC(C)c3ccccc3)c2)c1. The Labute approximate surface area is 193 Å². The number of benzene rings is 3. The quantitative estimate of drug-likeness (QED) is 0.401. The maximum absolute atomic E-state index is 12.6. The van der Waals surface area contributed by atoms with E-state index in [0.717, 1.165) is 5.56 Å². The molecule has 0 bridgehead atoms. The first-order valence-electron chi connectivity index (χ1n) is 10.8. The second-order valence-electron chi connectivity index (χ2n) is 7.53. The number of hydrogen-bond donors (Lipinski definition) is 4. The molecule has 4 N–H and O–H groups in total. The smallest absolute Gasteiger partial charge is 0.251 e. The Hall–Kier alpha value is -4.13. The molecule has 3 amide bonds. The van der Waals surface area contributed by atoms with E-state index in [1.807, 2.05) is 44.2 Å². The molecule has 0 aliphatic rings. The number of rotatable bonds is 9. The summed E-state index contributed by atoms with van der Waals surface area (Å²) in [5, 5.41) is 11.5. The summed E-state index contributed by atoms with van der Waals surface area (Å²) in [6.45, 7) is 4.33. The second-order valence-corrected chi connectivity index (χ2v) is 7.53. The molecule has 0 radical (unpaired) electrons. The summed E-state index contributed by atoms with van der Waals surface area (Å²) in [4.78, 5) is 37.0. The number of carbonyl (C=O) groups is 3. The molecule has 3 rings (SSSR count). The summed E-state index contributed by atoms with van der Waals surface area (Å²) in [6.07, 6.45) is 0. The number of anilines is 2. The van der Waals surface area contributed by atoms with E-state index in [1.165, 1.54) is 0 Å². The zero-order chi connectivity index (χ0) is 23.6. The maximum Gasteiger partial charge on any atom is 0.251 e. The van der Waals surface area contributed by atoms with Crippen LogP contribution in [0.1, 0.15) is 46.2 Å². The van der Waals surface area contributed by atoms with Crippen molar-refractivity contribution in [2.24, 2.45) is 0 Å². The molecule has 7 nitrogen and oxygen atoms in total. The Morgan fingerprint density at radius 2 is 1.42 bits per heavy atom. The van der Waals surface area contributed by atoms with E-state index in [9.17, 15) is 14.4 Å². The number of hydrogen-bond acceptors (Lipinski definition) is 4. The Kier molecular flexibility index (Phi) is 8.18. The third kappa shape index (κ3) is 6.93. The minimum absolute atomic E-state index is 0.0142. The standard InChI is InChI=1S/C26H28N4O3/c1-3-27-25(32)20-11-7-13-22(15-20)28-17-24(31)30-23-14-8-12-21(16-23)26(33)29-18(2)19-9-5-4-6-10-19/h4-16,18,28H,3,17H2,1-2H3,(H,27,32)(H,29,33)(H,30,31). The molecule has 0 aliphatic carbocycles. The summed E-state index contributed by atoms with van der Waals surface area (Å²) in [7, 11) is 0. The van der Waals surface area contributed by atoms with E-state index in [2.05, 4.69) is 21.3 Å². The van der Waals surface area contributed by atoms with Gasteiger partial charge in [-0.2, -0.15) is 0 Å². The van der Waals surface area contributed by atoms with Crippen LogP contribution in [0.2, 0.25) is 0 Å². The molecule has 0 saturated heterocycles. The van der Waals surface area contributed by atoms with Gasteiger partial charge in [-0.1, -0.05) is 42.5 Å². The lowest BCUT2D eigenvalue weighted by Gasteiger charge is -2.15. The van der Waals surface area contributed by atoms with Gasteiger partial charge in [0.1, 0.15) is 0 Å². The van der Waals surface area contributed by atoms with Crippen LogP contribution in [0.3, 0.4) is 0 Å². The van der Waals surface area contributed by atoms with Crippen LogP contribution in [0.25, 0.3) is 0 Å². The molecule has 0 fully saturated rings. The Morgan fingerprint density at radius 1 is 0.788 bits per heavy atom. The fourth-order valence-corrected chi connectivity index (χ4v) is 3.26. The Morgan fingerprint density at radius 3 is 2.12 bits per heavy atom. The first kappa shape index (κ1) is 23.5. The summed E-state index contributed by atoms with van der Waals surface area (Å²) in [5.74, 6) is -0.654. The van der Waals surface area contributed by atoms with Gasteiger partial charge in [-0.05, 0) is 55.8 Å². The molecular weight excluding hydrogens is 416 g/mol. The van der Waals surface area contributed by atoms with Crippen LogP contribution in [0, 0.1) is 0 Å². The van der Waals surface area contributed by atoms with Crippen molar-refractivity contribution in [3.63, 3.8) is 0 Å². The van der Waals surface area contributed by atoms with Crippen LogP contribution in [0.15, 0.2) is 78.9 Å². The molecule has 0 heterocycles. The fraction of sp³-hybridized carbons (Fsp3) is 0.192. The maximum atomic E-state index is 12.6. The van der Waals surface area contributed by atoms with Gasteiger partial charge in [-0.15, -0.1) is 0 Å². The highest BCUT2D eigenvalue weighted by Crippen LogP contribution is 2.15. The van der Waals surface area contributed by atoms with Crippen LogP contribution in [-0.4, -0.2) is 30.8 Å². The molecule has 33 heavy (non-hydrogen) atoms. The monoisotopic (exact) mass is 444 g/mol. The highest BCUT2D eigenvalue weighted by Gasteiger charge is 2.12. The minimum atomic E-state index is -0.270. The largest absolute Gasteiger partial charge is 0.376 e. The first-order chi connectivity index (χ1) is 16.0. The van der Waals surface area contributed by atoms with Gasteiger partial charge in [0.15, 0.2) is 0 Å². The summed E-state index contributed by atoms with van der Waals surface area (Å²) < 4.78 is 0. The summed E-state index contributed by atoms with van der Waals surface area (Å²) in [6, 6.07) is 23.3. The van der Waals surface area contributed by atoms with Crippen LogP contribution in [0.4, 0.5) is 11.4 Å². The van der Waals surface area contributed by atoms with E-state index >= 15 is 0 Å². The normalized spacial score (nSPS) is 11.2. The van der Waals surface area contributed by atoms with E-state index in [-0.39, 0.29) is 30.3 Å². The lowest BCUT2D eigenvalue weighted by molar-refractivity contribution is -0.114. The van der Waals surface area contributed by atoms with Gasteiger partial charge in [0.05, 0.1) is 12.6 Å². The van der Waals surface area contributed by atoms with Gasteiger partial charge in [0.25, 0.3) is 11.8 Å². The Balaban J connectivity index is 1.55. The lowest BCUT2D eigenvalue weighted by atomic mass is 10.1. The molecule has 7 heteroatoms. The molecule has 0 aliphatic heterocycles. The second kappa shape index (κ2) is 11.5. The average Bonchev–Trinajstić information content (AvgIpc) is 2.84. The number of carbonyl (C=O) groups excluding carboxylic acids is 3. The van der Waals surface area contributed by atoms with Crippen molar-refractivity contribution < 1.29 is 14.4 Å². The van der Waals surface area contributed by atoms with Gasteiger partial charge < -0.3 is 21.3 Å². The first-order valence-corrected chi connectivity index (χ1v) is 10.8. The number of nitrogens with one attached hydrogen (secondary N) is 4. The predicted octanol–water partition coefficient (Wildman–Crippen LogP) is 3.98. The van der Waals surface area contributed by atoms with Crippen LogP contribution in [0.5, 0.6) is 0 Å². The van der Waals surface area contributed by atoms with Crippen molar-refractivity contribution in [3.05, 3.63) is 95.6 Å². The third-order valence-corrected chi connectivity index (χ3v) is 4.97. The van der Waals surface area contributed by atoms with E-state index in [4.69, 9.17) is 0 Å². The minimum Gasteiger partial charge on any atom is -0.376 e. The van der Waals surface area contributed by atoms with Crippen LogP contribution < -0.4 is 21.3 Å². The topological polar surface area (TPSA) is 99.3 Å². The predicted molar refractivity (Wildman–Crippen MR) is 130 cm³/mol. The molecule has 0 saturated carbocycles. The van der Waals surface area contributed by atoms with Crippen molar-refractivity contribution in [3.8, 4) is 0 Å². The van der Waals surface area contributed by atoms with Crippen molar-refractivity contribution in [2.75, 3.05) is 23.7 Å². The zero-order valence-corrected chi connectivity index (χ0v) is 18.7. The molecule has 3 aromatic rings. The zero-order valence-electron chi connectivity index (χ0n) is 18.7. The van der Waals surface area contributed by atoms with Gasteiger partial charge in [0, 0.05) is 29.0 Å². The highest BCUT2D eigenvalue weighted by atomic mass is 16.2. The lowest BCUT2D eigenvalue weighted by Crippen LogP contribution is -2.27. The van der Waals surface area contributed by atoms with Gasteiger partial charge >= 0.3 is 0 Å². The molecule has 0 spiro atoms. The van der Waals surface area contributed by atoms with Gasteiger partial charge in [0.2, 0.25) is 5.91 Å². The summed E-state index contributed by atoms with van der Waals surface area (Å²) in [5.41, 5.74) is 3.18. The van der Waals surface area contributed by atoms with E-state index in [0.29, 0.717) is 29.0 Å². The van der Waals surface area contributed by atoms with E-state index < -0.39 is 0 Å². The van der Waals surface area contributed by atoms with E-state index in [1.54, 1.807) is 48.5 Å². The van der Waals surface area contributed by atoms with Crippen molar-refractivity contribution in [2.45, 2.75) is 19.9 Å². The van der Waals surface area contributed by atoms with Gasteiger partial charge in [-0.3, -0.25) is 14.4 Å². The molecule has 3 aromatic carbocycles. The van der Waals surface area contributed by atoms with Crippen LogP contribution in [-0.2, 0) is 4.79 Å². The van der Waals surface area contributed by atoms with Crippen molar-refractivity contribution in [1.82, 2.24) is 10.6 Å². The summed E-state index contributed by atoms with van der Waals surface area (Å²) >= 11 is 0. The average molecular weight is 445 g/mol. The van der Waals surface area contributed by atoms with Crippen LogP contribution >= 0.6 is 0 Å². The van der Waals surface area contributed by atoms with Crippen molar-refractivity contribution >= 4 is 29.1 Å². The fourth-order valence-electron chi connectivity index (χ4n) is 3.26. The Bertz CT molecular complexity index is 1120. The molecule has 1 unspecified atom stereocenters. The molecule has 1 atom stereocenters. The molecule has 0 aromatic heterocycles. The third-order valence-electron chi connectivity index (χ3n) is 4.97. The highest BCUT2D eigenvalue weighted by molar-refractivity contribution is 5.98. The van der Waals surface area contributed by atoms with Gasteiger partial charge in [-0.25, -0.2) is 0 Å².